The van der Waals surface area contributed by atoms with E-state index in [0.717, 1.165) is 12.6 Å². The first kappa shape index (κ1) is 16.2. The van der Waals surface area contributed by atoms with Crippen molar-refractivity contribution in [3.63, 3.8) is 0 Å². The lowest BCUT2D eigenvalue weighted by atomic mass is 10.2. The SMILES string of the molecule is Cc1c(N)cc(S(=O)(=O)NCC2CN(C)CCO2)cc1F. The molecule has 1 aromatic carbocycles. The molecule has 1 aliphatic heterocycles. The predicted molar refractivity (Wildman–Crippen MR) is 78.0 cm³/mol. The van der Waals surface area contributed by atoms with E-state index in [2.05, 4.69) is 9.62 Å². The van der Waals surface area contributed by atoms with E-state index in [1.54, 1.807) is 0 Å². The van der Waals surface area contributed by atoms with Crippen molar-refractivity contribution in [3.8, 4) is 0 Å². The van der Waals surface area contributed by atoms with Crippen LogP contribution in [0.15, 0.2) is 17.0 Å². The fourth-order valence-corrected chi connectivity index (χ4v) is 3.22. The Bertz CT molecular complexity index is 598. The van der Waals surface area contributed by atoms with Gasteiger partial charge >= 0.3 is 0 Å². The van der Waals surface area contributed by atoms with Gasteiger partial charge in [-0.1, -0.05) is 0 Å². The molecule has 8 heteroatoms. The van der Waals surface area contributed by atoms with Gasteiger partial charge < -0.3 is 15.4 Å². The monoisotopic (exact) mass is 317 g/mol. The van der Waals surface area contributed by atoms with E-state index in [1.807, 2.05) is 7.05 Å². The molecule has 1 atom stereocenters. The minimum absolute atomic E-state index is 0.115. The number of anilines is 1. The van der Waals surface area contributed by atoms with E-state index in [1.165, 1.54) is 13.0 Å². The molecule has 0 amide bonds. The van der Waals surface area contributed by atoms with E-state index >= 15 is 0 Å². The minimum Gasteiger partial charge on any atom is -0.398 e. The van der Waals surface area contributed by atoms with Crippen molar-refractivity contribution < 1.29 is 17.5 Å². The molecule has 0 saturated carbocycles. The Kier molecular flexibility index (Phi) is 4.82. The van der Waals surface area contributed by atoms with Crippen LogP contribution in [0.1, 0.15) is 5.56 Å². The van der Waals surface area contributed by atoms with Gasteiger partial charge in [-0.15, -0.1) is 0 Å². The van der Waals surface area contributed by atoms with E-state index in [0.29, 0.717) is 13.2 Å². The summed E-state index contributed by atoms with van der Waals surface area (Å²) >= 11 is 0. The summed E-state index contributed by atoms with van der Waals surface area (Å²) in [6.45, 7) is 3.67. The number of nitrogens with two attached hydrogens (primary N) is 1. The number of sulfonamides is 1. The Morgan fingerprint density at radius 3 is 2.86 bits per heavy atom. The van der Waals surface area contributed by atoms with Crippen LogP contribution in [0.2, 0.25) is 0 Å². The minimum atomic E-state index is -3.81. The molecule has 21 heavy (non-hydrogen) atoms. The lowest BCUT2D eigenvalue weighted by Crippen LogP contribution is -2.45. The molecule has 6 nitrogen and oxygen atoms in total. The van der Waals surface area contributed by atoms with Gasteiger partial charge in [0.1, 0.15) is 5.82 Å². The second-order valence-electron chi connectivity index (χ2n) is 5.23. The molecule has 2 rings (SSSR count). The standard InChI is InChI=1S/C13H20FN3O3S/c1-9-12(14)5-11(6-13(9)15)21(18,19)16-7-10-8-17(2)3-4-20-10/h5-6,10,16H,3-4,7-8,15H2,1-2H3. The first-order valence-corrected chi connectivity index (χ1v) is 8.13. The number of hydrogen-bond acceptors (Lipinski definition) is 5. The van der Waals surface area contributed by atoms with Crippen LogP contribution in [-0.2, 0) is 14.8 Å². The van der Waals surface area contributed by atoms with Crippen LogP contribution in [0.3, 0.4) is 0 Å². The zero-order valence-electron chi connectivity index (χ0n) is 12.1. The Hall–Kier alpha value is -1.22. The molecule has 1 aliphatic rings. The van der Waals surface area contributed by atoms with Crippen molar-refractivity contribution in [2.45, 2.75) is 17.9 Å². The van der Waals surface area contributed by atoms with Crippen molar-refractivity contribution in [1.82, 2.24) is 9.62 Å². The van der Waals surface area contributed by atoms with E-state index in [-0.39, 0.29) is 28.8 Å². The van der Waals surface area contributed by atoms with E-state index in [9.17, 15) is 12.8 Å². The highest BCUT2D eigenvalue weighted by molar-refractivity contribution is 7.89. The average Bonchev–Trinajstić information content (AvgIpc) is 2.42. The normalized spacial score (nSPS) is 20.6. The van der Waals surface area contributed by atoms with Gasteiger partial charge in [-0.3, -0.25) is 0 Å². The van der Waals surface area contributed by atoms with Gasteiger partial charge in [-0.2, -0.15) is 0 Å². The van der Waals surface area contributed by atoms with Crippen LogP contribution >= 0.6 is 0 Å². The Labute approximate surface area is 124 Å². The zero-order chi connectivity index (χ0) is 15.6. The van der Waals surface area contributed by atoms with Gasteiger partial charge in [0.05, 0.1) is 17.6 Å². The average molecular weight is 317 g/mol. The molecule has 0 spiro atoms. The number of halogens is 1. The molecule has 1 unspecified atom stereocenters. The number of hydrogen-bond donors (Lipinski definition) is 2. The topological polar surface area (TPSA) is 84.7 Å². The van der Waals surface area contributed by atoms with Crippen LogP contribution in [0.25, 0.3) is 0 Å². The molecule has 0 aromatic heterocycles. The third-order valence-corrected chi connectivity index (χ3v) is 4.91. The molecular formula is C13H20FN3O3S. The van der Waals surface area contributed by atoms with Gasteiger partial charge in [-0.25, -0.2) is 17.5 Å². The molecule has 0 bridgehead atoms. The largest absolute Gasteiger partial charge is 0.398 e. The second kappa shape index (κ2) is 6.27. The van der Waals surface area contributed by atoms with Crippen LogP contribution < -0.4 is 10.5 Å². The van der Waals surface area contributed by atoms with Crippen molar-refractivity contribution in [2.24, 2.45) is 0 Å². The highest BCUT2D eigenvalue weighted by atomic mass is 32.2. The van der Waals surface area contributed by atoms with Gasteiger partial charge in [0.25, 0.3) is 0 Å². The van der Waals surface area contributed by atoms with Gasteiger partial charge in [0.2, 0.25) is 10.0 Å². The summed E-state index contributed by atoms with van der Waals surface area (Å²) in [6, 6.07) is 2.23. The van der Waals surface area contributed by atoms with Crippen LogP contribution in [-0.4, -0.2) is 52.7 Å². The van der Waals surface area contributed by atoms with Crippen LogP contribution in [0, 0.1) is 12.7 Å². The summed E-state index contributed by atoms with van der Waals surface area (Å²) in [4.78, 5) is 1.89. The predicted octanol–water partition coefficient (Wildman–Crippen LogP) is 0.325. The van der Waals surface area contributed by atoms with E-state index in [4.69, 9.17) is 10.5 Å². The Morgan fingerprint density at radius 1 is 1.52 bits per heavy atom. The molecule has 1 saturated heterocycles. The van der Waals surface area contributed by atoms with E-state index < -0.39 is 15.8 Å². The van der Waals surface area contributed by atoms with Crippen molar-refractivity contribution in [3.05, 3.63) is 23.5 Å². The number of nitrogen functional groups attached to an aromatic ring is 1. The van der Waals surface area contributed by atoms with Crippen molar-refractivity contribution >= 4 is 15.7 Å². The third kappa shape index (κ3) is 3.91. The summed E-state index contributed by atoms with van der Waals surface area (Å²) < 4.78 is 45.9. The lowest BCUT2D eigenvalue weighted by molar-refractivity contribution is -0.0156. The first-order chi connectivity index (χ1) is 9.79. The second-order valence-corrected chi connectivity index (χ2v) is 6.99. The molecule has 1 aromatic rings. The number of benzene rings is 1. The maximum atomic E-state index is 13.6. The Balaban J connectivity index is 2.08. The molecule has 118 valence electrons. The highest BCUT2D eigenvalue weighted by Crippen LogP contribution is 2.20. The van der Waals surface area contributed by atoms with Gasteiger partial charge in [-0.05, 0) is 26.1 Å². The summed E-state index contributed by atoms with van der Waals surface area (Å²) in [6.07, 6.45) is -0.217. The van der Waals surface area contributed by atoms with Crippen LogP contribution in [0.5, 0.6) is 0 Å². The molecule has 1 fully saturated rings. The quantitative estimate of drug-likeness (QED) is 0.782. The van der Waals surface area contributed by atoms with Crippen LogP contribution in [0.4, 0.5) is 10.1 Å². The fourth-order valence-electron chi connectivity index (χ4n) is 2.11. The third-order valence-electron chi connectivity index (χ3n) is 3.51. The summed E-state index contributed by atoms with van der Waals surface area (Å²) in [5, 5.41) is 0. The lowest BCUT2D eigenvalue weighted by Gasteiger charge is -2.30. The number of nitrogens with zero attached hydrogens (tertiary/aromatic N) is 1. The van der Waals surface area contributed by atoms with Crippen molar-refractivity contribution in [2.75, 3.05) is 39.0 Å². The number of rotatable bonds is 4. The zero-order valence-corrected chi connectivity index (χ0v) is 12.9. The molecule has 0 radical (unpaired) electrons. The summed E-state index contributed by atoms with van der Waals surface area (Å²) in [5.41, 5.74) is 5.97. The van der Waals surface area contributed by atoms with Gasteiger partial charge in [0.15, 0.2) is 0 Å². The number of nitrogens with one attached hydrogen (secondary N) is 1. The van der Waals surface area contributed by atoms with Gasteiger partial charge in [0, 0.05) is 30.9 Å². The Morgan fingerprint density at radius 2 is 2.24 bits per heavy atom. The van der Waals surface area contributed by atoms with Crippen molar-refractivity contribution in [1.29, 1.82) is 0 Å². The highest BCUT2D eigenvalue weighted by Gasteiger charge is 2.22. The molecule has 3 N–H and O–H groups in total. The maximum Gasteiger partial charge on any atom is 0.240 e. The molecule has 1 heterocycles. The number of likely N-dealkylation sites (N-methyl/N-ethyl adjacent to an activating group) is 1. The fraction of sp³-hybridized carbons (Fsp3) is 0.538. The first-order valence-electron chi connectivity index (χ1n) is 6.65. The molecule has 0 aliphatic carbocycles. The number of morpholine rings is 1. The smallest absolute Gasteiger partial charge is 0.240 e. The number of ether oxygens (including phenoxy) is 1. The summed E-state index contributed by atoms with van der Waals surface area (Å²) in [7, 11) is -1.86. The summed E-state index contributed by atoms with van der Waals surface area (Å²) in [5.74, 6) is -0.635. The maximum absolute atomic E-state index is 13.6. The molecular weight excluding hydrogens is 297 g/mol.